The Balaban J connectivity index is 2.12. The van der Waals surface area contributed by atoms with Crippen LogP contribution in [0.15, 0.2) is 40.3 Å². The van der Waals surface area contributed by atoms with Crippen LogP contribution in [0.25, 0.3) is 11.4 Å². The Labute approximate surface area is 153 Å². The highest BCUT2D eigenvalue weighted by Gasteiger charge is 2.24. The number of amides is 1. The van der Waals surface area contributed by atoms with Crippen molar-refractivity contribution in [3.63, 3.8) is 0 Å². The minimum Gasteiger partial charge on any atom is -0.369 e. The molecule has 2 N–H and O–H groups in total. The molecule has 0 aliphatic heterocycles. The van der Waals surface area contributed by atoms with Crippen molar-refractivity contribution in [3.05, 3.63) is 46.4 Å². The van der Waals surface area contributed by atoms with Crippen molar-refractivity contribution < 1.29 is 4.79 Å². The molecule has 1 aromatic carbocycles. The molecule has 1 atom stereocenters. The fraction of sp³-hybridized carbons (Fsp3) is 0.312. The van der Waals surface area contributed by atoms with Gasteiger partial charge in [-0.15, -0.1) is 5.10 Å². The highest BCUT2D eigenvalue weighted by Crippen LogP contribution is 2.25. The van der Waals surface area contributed by atoms with Crippen LogP contribution in [-0.4, -0.2) is 40.7 Å². The minimum atomic E-state index is -0.472. The quantitative estimate of drug-likeness (QED) is 0.640. The molecule has 1 amide bonds. The highest BCUT2D eigenvalue weighted by molar-refractivity contribution is 8.00. The zero-order chi connectivity index (χ0) is 18.8. The van der Waals surface area contributed by atoms with Crippen molar-refractivity contribution in [2.75, 3.05) is 0 Å². The second-order valence-corrected chi connectivity index (χ2v) is 6.87. The van der Waals surface area contributed by atoms with Crippen LogP contribution >= 0.6 is 11.8 Å². The van der Waals surface area contributed by atoms with Gasteiger partial charge in [-0.1, -0.05) is 36.9 Å². The molecule has 1 unspecified atom stereocenters. The normalized spacial score (nSPS) is 12.3. The lowest BCUT2D eigenvalue weighted by atomic mass is 10.3. The topological polar surface area (TPSA) is 114 Å². The summed E-state index contributed by atoms with van der Waals surface area (Å²) in [4.78, 5) is 24.6. The molecule has 0 radical (unpaired) electrons. The number of thioether (sulfide) groups is 1. The zero-order valence-corrected chi connectivity index (χ0v) is 15.5. The van der Waals surface area contributed by atoms with E-state index in [1.807, 2.05) is 44.2 Å². The summed E-state index contributed by atoms with van der Waals surface area (Å²) in [5, 5.41) is 11.5. The molecule has 136 valence electrons. The molecule has 0 bridgehead atoms. The summed E-state index contributed by atoms with van der Waals surface area (Å²) >= 11 is 1.15. The minimum absolute atomic E-state index is 0.252. The van der Waals surface area contributed by atoms with Gasteiger partial charge in [-0.2, -0.15) is 4.68 Å². The summed E-state index contributed by atoms with van der Waals surface area (Å²) in [6.07, 6.45) is 0.537. The molecule has 2 aromatic heterocycles. The monoisotopic (exact) mass is 373 g/mol. The smallest absolute Gasteiger partial charge is 0.297 e. The van der Waals surface area contributed by atoms with Gasteiger partial charge < -0.3 is 5.73 Å². The van der Waals surface area contributed by atoms with E-state index in [0.29, 0.717) is 23.0 Å². The maximum Gasteiger partial charge on any atom is 0.297 e. The third kappa shape index (κ3) is 3.03. The van der Waals surface area contributed by atoms with E-state index in [-0.39, 0.29) is 5.56 Å². The lowest BCUT2D eigenvalue weighted by Gasteiger charge is -2.09. The molecular weight excluding hydrogens is 354 g/mol. The van der Waals surface area contributed by atoms with Crippen LogP contribution in [0.5, 0.6) is 0 Å². The van der Waals surface area contributed by atoms with Gasteiger partial charge >= 0.3 is 0 Å². The number of rotatable bonds is 6. The van der Waals surface area contributed by atoms with Gasteiger partial charge in [0.2, 0.25) is 11.1 Å². The molecular formula is C16H19N7O2S. The standard InChI is InChI=1S/C16H19N7O2S/c1-4-12(14(17)24)26-16-18-19-20-22(16)13-10(2)21(3)23(15(13)25)11-8-6-5-7-9-11/h5-9,12H,4H2,1-3H3,(H2,17,24). The van der Waals surface area contributed by atoms with E-state index in [2.05, 4.69) is 15.5 Å². The number of nitrogens with two attached hydrogens (primary N) is 1. The molecule has 0 fully saturated rings. The molecule has 3 aromatic rings. The van der Waals surface area contributed by atoms with Crippen molar-refractivity contribution in [1.82, 2.24) is 29.6 Å². The highest BCUT2D eigenvalue weighted by atomic mass is 32.2. The number of nitrogens with zero attached hydrogens (tertiary/aromatic N) is 6. The lowest BCUT2D eigenvalue weighted by Crippen LogP contribution is -2.26. The van der Waals surface area contributed by atoms with Gasteiger partial charge in [-0.3, -0.25) is 14.3 Å². The molecule has 0 spiro atoms. The van der Waals surface area contributed by atoms with Crippen molar-refractivity contribution in [1.29, 1.82) is 0 Å². The molecule has 0 saturated heterocycles. The first-order chi connectivity index (χ1) is 12.5. The van der Waals surface area contributed by atoms with E-state index in [0.717, 1.165) is 17.4 Å². The van der Waals surface area contributed by atoms with Gasteiger partial charge in [-0.25, -0.2) is 4.68 Å². The van der Waals surface area contributed by atoms with Gasteiger partial charge in [0.1, 0.15) is 0 Å². The number of tetrazole rings is 1. The predicted octanol–water partition coefficient (Wildman–Crippen LogP) is 0.816. The fourth-order valence-electron chi connectivity index (χ4n) is 2.66. The maximum atomic E-state index is 13.1. The van der Waals surface area contributed by atoms with Gasteiger partial charge in [0.25, 0.3) is 5.56 Å². The van der Waals surface area contributed by atoms with Crippen LogP contribution in [0.4, 0.5) is 0 Å². The molecule has 26 heavy (non-hydrogen) atoms. The number of benzene rings is 1. The number of para-hydroxylation sites is 1. The Bertz CT molecular complexity index is 990. The van der Waals surface area contributed by atoms with Crippen molar-refractivity contribution >= 4 is 17.7 Å². The van der Waals surface area contributed by atoms with E-state index in [4.69, 9.17) is 5.73 Å². The second-order valence-electron chi connectivity index (χ2n) is 5.70. The average molecular weight is 373 g/mol. The summed E-state index contributed by atoms with van der Waals surface area (Å²) < 4.78 is 4.66. The summed E-state index contributed by atoms with van der Waals surface area (Å²) in [5.74, 6) is -0.446. The first-order valence-corrected chi connectivity index (χ1v) is 8.92. The Kier molecular flexibility index (Phi) is 4.94. The van der Waals surface area contributed by atoms with Gasteiger partial charge in [0.15, 0.2) is 5.69 Å². The number of primary amides is 1. The SMILES string of the molecule is CCC(Sc1nnnn1-c1c(C)n(C)n(-c2ccccc2)c1=O)C(N)=O. The Morgan fingerprint density at radius 3 is 2.62 bits per heavy atom. The summed E-state index contributed by atoms with van der Waals surface area (Å²) in [5.41, 5.74) is 6.92. The van der Waals surface area contributed by atoms with E-state index in [9.17, 15) is 9.59 Å². The van der Waals surface area contributed by atoms with Gasteiger partial charge in [0.05, 0.1) is 16.6 Å². The molecule has 0 aliphatic carbocycles. The molecule has 10 heteroatoms. The number of hydrogen-bond acceptors (Lipinski definition) is 6. The number of carbonyl (C=O) groups excluding carboxylic acids is 1. The Morgan fingerprint density at radius 1 is 1.31 bits per heavy atom. The number of hydrogen-bond donors (Lipinski definition) is 1. The summed E-state index contributed by atoms with van der Waals surface area (Å²) in [7, 11) is 1.79. The first kappa shape index (κ1) is 17.9. The average Bonchev–Trinajstić information content (AvgIpc) is 3.16. The zero-order valence-electron chi connectivity index (χ0n) is 14.7. The predicted molar refractivity (Wildman–Crippen MR) is 97.6 cm³/mol. The number of carbonyl (C=O) groups is 1. The van der Waals surface area contributed by atoms with E-state index in [1.165, 1.54) is 4.68 Å². The van der Waals surface area contributed by atoms with Gasteiger partial charge in [-0.05, 0) is 35.9 Å². The second kappa shape index (κ2) is 7.16. The van der Waals surface area contributed by atoms with Crippen molar-refractivity contribution in [2.24, 2.45) is 12.8 Å². The molecule has 3 rings (SSSR count). The summed E-state index contributed by atoms with van der Waals surface area (Å²) in [6.45, 7) is 3.67. The van der Waals surface area contributed by atoms with Crippen LogP contribution < -0.4 is 11.3 Å². The van der Waals surface area contributed by atoms with Gasteiger partial charge in [0, 0.05) is 7.05 Å². The molecule has 2 heterocycles. The maximum absolute atomic E-state index is 13.1. The van der Waals surface area contributed by atoms with Crippen LogP contribution in [-0.2, 0) is 11.8 Å². The molecule has 0 aliphatic rings. The Hall–Kier alpha value is -2.88. The molecule has 9 nitrogen and oxygen atoms in total. The lowest BCUT2D eigenvalue weighted by molar-refractivity contribution is -0.117. The van der Waals surface area contributed by atoms with Crippen LogP contribution in [0, 0.1) is 6.92 Å². The third-order valence-corrected chi connectivity index (χ3v) is 5.43. The van der Waals surface area contributed by atoms with E-state index < -0.39 is 11.2 Å². The largest absolute Gasteiger partial charge is 0.369 e. The van der Waals surface area contributed by atoms with Crippen LogP contribution in [0.1, 0.15) is 19.0 Å². The van der Waals surface area contributed by atoms with E-state index >= 15 is 0 Å². The summed E-state index contributed by atoms with van der Waals surface area (Å²) in [6, 6.07) is 9.30. The molecule has 0 saturated carbocycles. The van der Waals surface area contributed by atoms with Crippen molar-refractivity contribution in [2.45, 2.75) is 30.7 Å². The first-order valence-electron chi connectivity index (χ1n) is 8.04. The Morgan fingerprint density at radius 2 is 2.00 bits per heavy atom. The van der Waals surface area contributed by atoms with Crippen LogP contribution in [0.2, 0.25) is 0 Å². The van der Waals surface area contributed by atoms with E-state index in [1.54, 1.807) is 16.4 Å². The van der Waals surface area contributed by atoms with Crippen molar-refractivity contribution in [3.8, 4) is 11.4 Å². The number of aromatic nitrogens is 6. The van der Waals surface area contributed by atoms with Crippen LogP contribution in [0.3, 0.4) is 0 Å². The third-order valence-electron chi connectivity index (χ3n) is 4.11. The fourth-order valence-corrected chi connectivity index (χ4v) is 3.51.